The van der Waals surface area contributed by atoms with E-state index >= 15 is 0 Å². The molecule has 222 valence electrons. The van der Waals surface area contributed by atoms with Crippen molar-refractivity contribution in [2.75, 3.05) is 19.6 Å². The van der Waals surface area contributed by atoms with Gasteiger partial charge in [-0.3, -0.25) is 9.59 Å². The van der Waals surface area contributed by atoms with E-state index in [1.165, 1.54) is 0 Å². The largest absolute Gasteiger partial charge is 0.495 e. The zero-order chi connectivity index (χ0) is 30.3. The standard InChI is InChI=1S/C27H31F3N4O7/c1-2-14-31-26(39)32-15-6-9-22(35)33-17-23(36)34-21(16-24(37)40-41-25(38)27(28,29)30)20-12-10-19(11-13-20)18-7-4-3-5-8-18/h3-5,7-8,10-13,21H,2,6,9,14-17H2,1H3,(H,33,35)(H,34,36)(H2,31,32,39). The molecule has 0 fully saturated rings. The number of benzene rings is 2. The van der Waals surface area contributed by atoms with Gasteiger partial charge >= 0.3 is 24.1 Å². The van der Waals surface area contributed by atoms with E-state index in [4.69, 9.17) is 0 Å². The second-order valence-corrected chi connectivity index (χ2v) is 8.70. The van der Waals surface area contributed by atoms with Gasteiger partial charge in [0.1, 0.15) is 0 Å². The van der Waals surface area contributed by atoms with Crippen molar-refractivity contribution in [2.45, 2.75) is 44.8 Å². The predicted molar refractivity (Wildman–Crippen MR) is 140 cm³/mol. The number of hydrogen-bond acceptors (Lipinski definition) is 7. The maximum atomic E-state index is 12.5. The number of carbonyl (C=O) groups is 5. The molecule has 0 spiro atoms. The van der Waals surface area contributed by atoms with Gasteiger partial charge in [-0.25, -0.2) is 24.2 Å². The highest BCUT2D eigenvalue weighted by Gasteiger charge is 2.43. The summed E-state index contributed by atoms with van der Waals surface area (Å²) in [6, 6.07) is 14.5. The quantitative estimate of drug-likeness (QED) is 0.161. The van der Waals surface area contributed by atoms with Crippen molar-refractivity contribution >= 4 is 29.8 Å². The summed E-state index contributed by atoms with van der Waals surface area (Å²) in [4.78, 5) is 66.6. The maximum Gasteiger partial charge on any atom is 0.495 e. The molecule has 0 saturated carbocycles. The first kappa shape index (κ1) is 32.6. The second kappa shape index (κ2) is 16.5. The van der Waals surface area contributed by atoms with E-state index < -0.39 is 48.9 Å². The summed E-state index contributed by atoms with van der Waals surface area (Å²) >= 11 is 0. The Bertz CT molecular complexity index is 1180. The lowest BCUT2D eigenvalue weighted by Gasteiger charge is -2.19. The van der Waals surface area contributed by atoms with E-state index in [1.54, 1.807) is 24.3 Å². The number of nitrogens with one attached hydrogen (secondary N) is 4. The van der Waals surface area contributed by atoms with Gasteiger partial charge < -0.3 is 21.3 Å². The monoisotopic (exact) mass is 580 g/mol. The fourth-order valence-corrected chi connectivity index (χ4v) is 3.39. The average Bonchev–Trinajstić information content (AvgIpc) is 2.95. The predicted octanol–water partition coefficient (Wildman–Crippen LogP) is 3.07. The lowest BCUT2D eigenvalue weighted by molar-refractivity contribution is -0.286. The lowest BCUT2D eigenvalue weighted by atomic mass is 9.99. The van der Waals surface area contributed by atoms with E-state index in [9.17, 15) is 37.1 Å². The number of halogens is 3. The third-order valence-electron chi connectivity index (χ3n) is 5.42. The van der Waals surface area contributed by atoms with Crippen LogP contribution in [-0.2, 0) is 29.0 Å². The van der Waals surface area contributed by atoms with Crippen LogP contribution in [0.1, 0.15) is 44.2 Å². The van der Waals surface area contributed by atoms with Gasteiger partial charge in [-0.05, 0) is 29.5 Å². The fourth-order valence-electron chi connectivity index (χ4n) is 3.39. The highest BCUT2D eigenvalue weighted by atomic mass is 19.4. The van der Waals surface area contributed by atoms with Gasteiger partial charge in [0.25, 0.3) is 0 Å². The molecule has 4 N–H and O–H groups in total. The van der Waals surface area contributed by atoms with Crippen LogP contribution in [0.5, 0.6) is 0 Å². The Labute approximate surface area is 234 Å². The molecular formula is C27H31F3N4O7. The SMILES string of the molecule is CCCNC(=O)NCCCC(=O)NCC(=O)NC(CC(=O)OOC(=O)C(F)(F)F)c1ccc(-c2ccccc2)cc1. The molecule has 2 aromatic rings. The molecule has 0 aliphatic carbocycles. The van der Waals surface area contributed by atoms with Gasteiger partial charge in [-0.15, -0.1) is 0 Å². The topological polar surface area (TPSA) is 152 Å². The molecule has 0 aliphatic rings. The Balaban J connectivity index is 1.95. The molecule has 2 aromatic carbocycles. The van der Waals surface area contributed by atoms with Crippen molar-refractivity contribution in [3.05, 3.63) is 60.2 Å². The van der Waals surface area contributed by atoms with E-state index in [-0.39, 0.29) is 19.0 Å². The van der Waals surface area contributed by atoms with Crippen molar-refractivity contribution < 1.29 is 46.9 Å². The Morgan fingerprint density at radius 1 is 0.805 bits per heavy atom. The molecular weight excluding hydrogens is 549 g/mol. The normalized spacial score (nSPS) is 11.5. The zero-order valence-corrected chi connectivity index (χ0v) is 22.2. The van der Waals surface area contributed by atoms with Crippen LogP contribution in [0.2, 0.25) is 0 Å². The number of alkyl halides is 3. The molecule has 1 atom stereocenters. The minimum atomic E-state index is -5.36. The van der Waals surface area contributed by atoms with Gasteiger partial charge in [0.15, 0.2) is 0 Å². The summed E-state index contributed by atoms with van der Waals surface area (Å²) in [6.45, 7) is 2.22. The molecule has 0 saturated heterocycles. The number of rotatable bonds is 13. The molecule has 2 rings (SSSR count). The first-order valence-electron chi connectivity index (χ1n) is 12.7. The number of amides is 4. The van der Waals surface area contributed by atoms with Gasteiger partial charge in [-0.1, -0.05) is 61.5 Å². The van der Waals surface area contributed by atoms with E-state index in [0.29, 0.717) is 18.5 Å². The highest BCUT2D eigenvalue weighted by molar-refractivity contribution is 5.85. The molecule has 41 heavy (non-hydrogen) atoms. The number of urea groups is 1. The summed E-state index contributed by atoms with van der Waals surface area (Å²) in [5, 5.41) is 10.1. The van der Waals surface area contributed by atoms with Gasteiger partial charge in [0.05, 0.1) is 19.0 Å². The van der Waals surface area contributed by atoms with Crippen LogP contribution in [0.3, 0.4) is 0 Å². The summed E-state index contributed by atoms with van der Waals surface area (Å²) in [5.74, 6) is -5.22. The third-order valence-corrected chi connectivity index (χ3v) is 5.42. The molecule has 11 nitrogen and oxygen atoms in total. The summed E-state index contributed by atoms with van der Waals surface area (Å²) < 4.78 is 37.0. The van der Waals surface area contributed by atoms with Crippen LogP contribution in [0.15, 0.2) is 54.6 Å². The summed E-state index contributed by atoms with van der Waals surface area (Å²) in [5.41, 5.74) is 2.12. The highest BCUT2D eigenvalue weighted by Crippen LogP contribution is 2.24. The van der Waals surface area contributed by atoms with E-state index in [0.717, 1.165) is 17.5 Å². The maximum absolute atomic E-state index is 12.5. The molecule has 14 heteroatoms. The van der Waals surface area contributed by atoms with Gasteiger partial charge in [0.2, 0.25) is 11.8 Å². The van der Waals surface area contributed by atoms with Crippen molar-refractivity contribution in [1.29, 1.82) is 0 Å². The Morgan fingerprint density at radius 3 is 2.07 bits per heavy atom. The van der Waals surface area contributed by atoms with Crippen LogP contribution in [0.25, 0.3) is 11.1 Å². The molecule has 0 aromatic heterocycles. The first-order chi connectivity index (χ1) is 19.5. The fraction of sp³-hybridized carbons (Fsp3) is 0.370. The molecule has 1 unspecified atom stereocenters. The first-order valence-corrected chi connectivity index (χ1v) is 12.7. The Morgan fingerprint density at radius 2 is 1.44 bits per heavy atom. The van der Waals surface area contributed by atoms with Gasteiger partial charge in [-0.2, -0.15) is 13.2 Å². The average molecular weight is 581 g/mol. The lowest BCUT2D eigenvalue weighted by Crippen LogP contribution is -2.40. The van der Waals surface area contributed by atoms with Crippen LogP contribution >= 0.6 is 0 Å². The number of hydrogen-bond donors (Lipinski definition) is 4. The molecule has 0 bridgehead atoms. The molecule has 0 heterocycles. The van der Waals surface area contributed by atoms with E-state index in [2.05, 4.69) is 31.0 Å². The van der Waals surface area contributed by atoms with Crippen molar-refractivity contribution in [1.82, 2.24) is 21.3 Å². The zero-order valence-electron chi connectivity index (χ0n) is 22.2. The van der Waals surface area contributed by atoms with Crippen molar-refractivity contribution in [2.24, 2.45) is 0 Å². The van der Waals surface area contributed by atoms with Gasteiger partial charge in [0, 0.05) is 19.5 Å². The molecule has 0 radical (unpaired) electrons. The molecule has 4 amide bonds. The van der Waals surface area contributed by atoms with E-state index in [1.807, 2.05) is 37.3 Å². The minimum Gasteiger partial charge on any atom is -0.347 e. The van der Waals surface area contributed by atoms with Crippen molar-refractivity contribution in [3.8, 4) is 11.1 Å². The van der Waals surface area contributed by atoms with Crippen LogP contribution in [0.4, 0.5) is 18.0 Å². The third kappa shape index (κ3) is 12.4. The van der Waals surface area contributed by atoms with Crippen LogP contribution in [-0.4, -0.2) is 55.6 Å². The summed E-state index contributed by atoms with van der Waals surface area (Å²) in [6.07, 6.45) is -4.91. The molecule has 0 aliphatic heterocycles. The van der Waals surface area contributed by atoms with Crippen molar-refractivity contribution in [3.63, 3.8) is 0 Å². The Hall–Kier alpha value is -4.62. The smallest absolute Gasteiger partial charge is 0.347 e. The summed E-state index contributed by atoms with van der Waals surface area (Å²) in [7, 11) is 0. The van der Waals surface area contributed by atoms with Crippen LogP contribution < -0.4 is 21.3 Å². The second-order valence-electron chi connectivity index (χ2n) is 8.70. The number of carbonyl (C=O) groups excluding carboxylic acids is 5. The Kier molecular flexibility index (Phi) is 13.1. The minimum absolute atomic E-state index is 0.0304. The van der Waals surface area contributed by atoms with Crippen LogP contribution in [0, 0.1) is 0 Å².